The number of thioether (sulfide) groups is 1. The van der Waals surface area contributed by atoms with E-state index in [0.717, 1.165) is 17.9 Å². The average molecular weight is 322 g/mol. The highest BCUT2D eigenvalue weighted by Gasteiger charge is 2.22. The number of hydrogen-bond donors (Lipinski definition) is 2. The topological polar surface area (TPSA) is 33.3 Å². The van der Waals surface area contributed by atoms with Crippen molar-refractivity contribution in [2.24, 2.45) is 0 Å². The van der Waals surface area contributed by atoms with E-state index in [2.05, 4.69) is 59.2 Å². The maximum Gasteiger partial charge on any atom is 0.119 e. The van der Waals surface area contributed by atoms with Crippen molar-refractivity contribution in [3.63, 3.8) is 0 Å². The van der Waals surface area contributed by atoms with Gasteiger partial charge in [-0.05, 0) is 42.5 Å². The van der Waals surface area contributed by atoms with E-state index in [9.17, 15) is 0 Å². The fraction of sp³-hybridized carbons (Fsp3) is 0.158. The molecule has 4 heteroatoms. The first kappa shape index (κ1) is 14.3. The summed E-state index contributed by atoms with van der Waals surface area (Å²) < 4.78 is 5.20. The zero-order valence-corrected chi connectivity index (χ0v) is 13.7. The van der Waals surface area contributed by atoms with Crippen molar-refractivity contribution in [1.29, 1.82) is 0 Å². The first-order chi connectivity index (χ1) is 11.3. The highest BCUT2D eigenvalue weighted by atomic mass is 32.2. The van der Waals surface area contributed by atoms with Crippen LogP contribution in [-0.2, 0) is 0 Å². The molecular formula is C19H18N2OS. The fourth-order valence-electron chi connectivity index (χ4n) is 2.83. The number of fused-ring (bicyclic) bond motifs is 1. The van der Waals surface area contributed by atoms with E-state index in [1.54, 1.807) is 7.11 Å². The number of para-hydroxylation sites is 1. The molecule has 0 radical (unpaired) electrons. The summed E-state index contributed by atoms with van der Waals surface area (Å²) in [6.45, 7) is 0. The molecular weight excluding hydrogens is 304 g/mol. The first-order valence-corrected chi connectivity index (χ1v) is 8.49. The zero-order valence-electron chi connectivity index (χ0n) is 12.9. The van der Waals surface area contributed by atoms with Crippen molar-refractivity contribution in [2.75, 3.05) is 17.7 Å². The summed E-state index contributed by atoms with van der Waals surface area (Å²) in [4.78, 5) is 2.68. The van der Waals surface area contributed by atoms with Crippen LogP contribution >= 0.6 is 11.8 Å². The molecule has 4 rings (SSSR count). The normalized spacial score (nSPS) is 18.7. The minimum Gasteiger partial charge on any atom is -0.497 e. The number of hydrogen-bond acceptors (Lipinski definition) is 4. The Labute approximate surface area is 140 Å². The molecule has 2 N–H and O–H groups in total. The van der Waals surface area contributed by atoms with E-state index < -0.39 is 0 Å². The molecule has 0 amide bonds. The maximum atomic E-state index is 5.20. The molecule has 23 heavy (non-hydrogen) atoms. The van der Waals surface area contributed by atoms with Gasteiger partial charge in [-0.25, -0.2) is 0 Å². The second kappa shape index (κ2) is 6.05. The lowest BCUT2D eigenvalue weighted by Crippen LogP contribution is -2.22. The molecule has 1 aliphatic heterocycles. The lowest BCUT2D eigenvalue weighted by molar-refractivity contribution is 0.415. The van der Waals surface area contributed by atoms with Gasteiger partial charge in [-0.2, -0.15) is 0 Å². The molecule has 0 aromatic heterocycles. The SMILES string of the molecule is COc1ccc(NC2C=CC3=C(C2)Sc2ccccc2N3)cc1. The fourth-order valence-corrected chi connectivity index (χ4v) is 3.96. The summed E-state index contributed by atoms with van der Waals surface area (Å²) in [6.07, 6.45) is 5.40. The monoisotopic (exact) mass is 322 g/mol. The first-order valence-electron chi connectivity index (χ1n) is 7.68. The summed E-state index contributed by atoms with van der Waals surface area (Å²) in [7, 11) is 1.69. The van der Waals surface area contributed by atoms with Gasteiger partial charge in [-0.15, -0.1) is 0 Å². The summed E-state index contributed by atoms with van der Waals surface area (Å²) >= 11 is 1.87. The van der Waals surface area contributed by atoms with Crippen LogP contribution in [0, 0.1) is 0 Å². The summed E-state index contributed by atoms with van der Waals surface area (Å²) in [6, 6.07) is 16.8. The molecule has 1 aliphatic carbocycles. The van der Waals surface area contributed by atoms with Gasteiger partial charge in [-0.3, -0.25) is 0 Å². The predicted octanol–water partition coefficient (Wildman–Crippen LogP) is 4.87. The third kappa shape index (κ3) is 2.94. The molecule has 1 heterocycles. The Morgan fingerprint density at radius 2 is 1.96 bits per heavy atom. The van der Waals surface area contributed by atoms with Gasteiger partial charge in [0.25, 0.3) is 0 Å². The van der Waals surface area contributed by atoms with Gasteiger partial charge < -0.3 is 15.4 Å². The van der Waals surface area contributed by atoms with Gasteiger partial charge >= 0.3 is 0 Å². The second-order valence-electron chi connectivity index (χ2n) is 5.60. The predicted molar refractivity (Wildman–Crippen MR) is 97.1 cm³/mol. The van der Waals surface area contributed by atoms with Gasteiger partial charge in [0.15, 0.2) is 0 Å². The van der Waals surface area contributed by atoms with Crippen LogP contribution in [0.25, 0.3) is 0 Å². The van der Waals surface area contributed by atoms with Crippen LogP contribution in [0.1, 0.15) is 6.42 Å². The van der Waals surface area contributed by atoms with Gasteiger partial charge in [0.1, 0.15) is 5.75 Å². The number of rotatable bonds is 3. The van der Waals surface area contributed by atoms with Crippen LogP contribution in [0.15, 0.2) is 76.2 Å². The Morgan fingerprint density at radius 1 is 1.13 bits per heavy atom. The van der Waals surface area contributed by atoms with E-state index in [-0.39, 0.29) is 0 Å². The van der Waals surface area contributed by atoms with Crippen LogP contribution in [0.5, 0.6) is 5.75 Å². The molecule has 2 aliphatic rings. The highest BCUT2D eigenvalue weighted by molar-refractivity contribution is 8.03. The standard InChI is InChI=1S/C19H18N2OS/c1-22-15-9-6-13(7-10-15)20-14-8-11-17-19(12-14)23-18-5-3-2-4-16(18)21-17/h2-11,14,20-21H,12H2,1H3. The Bertz CT molecular complexity index is 780. The molecule has 0 bridgehead atoms. The van der Waals surface area contributed by atoms with Crippen LogP contribution in [0.3, 0.4) is 0 Å². The molecule has 116 valence electrons. The Balaban J connectivity index is 1.47. The van der Waals surface area contributed by atoms with Gasteiger partial charge in [0.2, 0.25) is 0 Å². The Hall–Kier alpha value is -2.33. The molecule has 0 spiro atoms. The largest absolute Gasteiger partial charge is 0.497 e. The molecule has 3 nitrogen and oxygen atoms in total. The molecule has 0 saturated heterocycles. The van der Waals surface area contributed by atoms with Crippen molar-refractivity contribution < 1.29 is 4.74 Å². The molecule has 1 atom stereocenters. The summed E-state index contributed by atoms with van der Waals surface area (Å²) in [5.74, 6) is 0.878. The van der Waals surface area contributed by atoms with E-state index in [1.165, 1.54) is 21.2 Å². The van der Waals surface area contributed by atoms with Gasteiger partial charge in [0.05, 0.1) is 12.8 Å². The zero-order chi connectivity index (χ0) is 15.6. The van der Waals surface area contributed by atoms with Crippen molar-refractivity contribution in [3.8, 4) is 5.75 Å². The minimum atomic E-state index is 0.307. The second-order valence-corrected chi connectivity index (χ2v) is 6.74. The number of nitrogens with one attached hydrogen (secondary N) is 2. The van der Waals surface area contributed by atoms with Crippen molar-refractivity contribution in [1.82, 2.24) is 0 Å². The minimum absolute atomic E-state index is 0.307. The highest BCUT2D eigenvalue weighted by Crippen LogP contribution is 2.43. The molecule has 0 saturated carbocycles. The summed E-state index contributed by atoms with van der Waals surface area (Å²) in [5.41, 5.74) is 3.53. The number of ether oxygens (including phenoxy) is 1. The van der Waals surface area contributed by atoms with Crippen LogP contribution in [0.2, 0.25) is 0 Å². The molecule has 0 fully saturated rings. The van der Waals surface area contributed by atoms with Gasteiger partial charge in [-0.1, -0.05) is 30.0 Å². The molecule has 2 aromatic rings. The third-order valence-electron chi connectivity index (χ3n) is 4.03. The van der Waals surface area contributed by atoms with Crippen LogP contribution < -0.4 is 15.4 Å². The van der Waals surface area contributed by atoms with E-state index in [1.807, 2.05) is 23.9 Å². The maximum absolute atomic E-state index is 5.20. The van der Waals surface area contributed by atoms with Gasteiger partial charge in [0, 0.05) is 33.6 Å². The van der Waals surface area contributed by atoms with Crippen LogP contribution in [-0.4, -0.2) is 13.2 Å². The van der Waals surface area contributed by atoms with Crippen molar-refractivity contribution >= 4 is 23.1 Å². The average Bonchev–Trinajstić information content (AvgIpc) is 2.60. The van der Waals surface area contributed by atoms with E-state index in [4.69, 9.17) is 4.74 Å². The molecule has 2 aromatic carbocycles. The quantitative estimate of drug-likeness (QED) is 0.845. The van der Waals surface area contributed by atoms with Crippen molar-refractivity contribution in [2.45, 2.75) is 17.4 Å². The lowest BCUT2D eigenvalue weighted by Gasteiger charge is -2.28. The third-order valence-corrected chi connectivity index (χ3v) is 5.24. The van der Waals surface area contributed by atoms with E-state index >= 15 is 0 Å². The number of methoxy groups -OCH3 is 1. The number of anilines is 2. The Kier molecular flexibility index (Phi) is 3.75. The van der Waals surface area contributed by atoms with E-state index in [0.29, 0.717) is 6.04 Å². The molecule has 1 unspecified atom stereocenters. The smallest absolute Gasteiger partial charge is 0.119 e. The number of allylic oxidation sites excluding steroid dienone is 1. The van der Waals surface area contributed by atoms with Crippen LogP contribution in [0.4, 0.5) is 11.4 Å². The lowest BCUT2D eigenvalue weighted by atomic mass is 10.1. The summed E-state index contributed by atoms with van der Waals surface area (Å²) in [5, 5.41) is 7.10. The van der Waals surface area contributed by atoms with Crippen molar-refractivity contribution in [3.05, 3.63) is 71.3 Å². The Morgan fingerprint density at radius 3 is 2.78 bits per heavy atom. The number of benzene rings is 2.